The van der Waals surface area contributed by atoms with Gasteiger partial charge < -0.3 is 10.1 Å². The molecule has 1 amide bonds. The second kappa shape index (κ2) is 8.92. The molecule has 138 valence electrons. The number of methoxy groups -OCH3 is 1. The van der Waals surface area contributed by atoms with Gasteiger partial charge in [-0.05, 0) is 41.7 Å². The molecule has 0 aromatic heterocycles. The average molecular weight is 356 g/mol. The number of carbonyl (C=O) groups is 1. The molecule has 1 aliphatic carbocycles. The van der Waals surface area contributed by atoms with Gasteiger partial charge in [-0.15, -0.1) is 0 Å². The number of nitrogens with zero attached hydrogens (tertiary/aromatic N) is 1. The van der Waals surface area contributed by atoms with E-state index in [4.69, 9.17) is 4.74 Å². The fourth-order valence-electron chi connectivity index (χ4n) is 3.06. The van der Waals surface area contributed by atoms with Crippen molar-refractivity contribution in [2.75, 3.05) is 13.7 Å². The Kier molecular flexibility index (Phi) is 6.36. The van der Waals surface area contributed by atoms with E-state index in [2.05, 4.69) is 10.2 Å². The lowest BCUT2D eigenvalue weighted by Crippen LogP contribution is -2.37. The van der Waals surface area contributed by atoms with Crippen molar-refractivity contribution in [3.63, 3.8) is 0 Å². The van der Waals surface area contributed by atoms with E-state index in [-0.39, 0.29) is 11.7 Å². The highest BCUT2D eigenvalue weighted by molar-refractivity contribution is 5.78. The van der Waals surface area contributed by atoms with Crippen LogP contribution >= 0.6 is 0 Å². The summed E-state index contributed by atoms with van der Waals surface area (Å²) in [6, 6.07) is 15.0. The fraction of sp³-hybridized carbons (Fsp3) is 0.381. The van der Waals surface area contributed by atoms with E-state index in [1.807, 2.05) is 30.3 Å². The second-order valence-corrected chi connectivity index (χ2v) is 6.80. The Morgan fingerprint density at radius 3 is 2.62 bits per heavy atom. The minimum atomic E-state index is -0.237. The van der Waals surface area contributed by atoms with E-state index in [0.29, 0.717) is 32.3 Å². The van der Waals surface area contributed by atoms with Crippen molar-refractivity contribution in [3.05, 3.63) is 71.0 Å². The molecule has 0 radical (unpaired) electrons. The highest BCUT2D eigenvalue weighted by Gasteiger charge is 2.30. The van der Waals surface area contributed by atoms with Crippen molar-refractivity contribution in [1.82, 2.24) is 10.2 Å². The van der Waals surface area contributed by atoms with Gasteiger partial charge in [0.25, 0.3) is 0 Å². The second-order valence-electron chi connectivity index (χ2n) is 6.80. The van der Waals surface area contributed by atoms with Gasteiger partial charge in [0, 0.05) is 26.2 Å². The molecule has 0 bridgehead atoms. The third-order valence-electron chi connectivity index (χ3n) is 4.48. The number of nitrogens with one attached hydrogen (secondary N) is 1. The van der Waals surface area contributed by atoms with Gasteiger partial charge in [0.15, 0.2) is 0 Å². The third-order valence-corrected chi connectivity index (χ3v) is 4.48. The molecule has 1 N–H and O–H groups in total. The number of carbonyl (C=O) groups excluding carboxylic acids is 1. The predicted octanol–water partition coefficient (Wildman–Crippen LogP) is 3.25. The Balaban J connectivity index is 1.53. The van der Waals surface area contributed by atoms with E-state index in [1.165, 1.54) is 12.1 Å². The summed E-state index contributed by atoms with van der Waals surface area (Å²) in [5.74, 6) is -0.246. The van der Waals surface area contributed by atoms with Gasteiger partial charge in [-0.2, -0.15) is 0 Å². The molecule has 5 heteroatoms. The number of halogens is 1. The molecule has 0 heterocycles. The van der Waals surface area contributed by atoms with Gasteiger partial charge in [-0.25, -0.2) is 4.39 Å². The van der Waals surface area contributed by atoms with Gasteiger partial charge in [-0.3, -0.25) is 9.69 Å². The molecular formula is C21H25FN2O2. The van der Waals surface area contributed by atoms with Crippen LogP contribution in [0.4, 0.5) is 4.39 Å². The molecule has 0 atom stereocenters. The third kappa shape index (κ3) is 5.64. The van der Waals surface area contributed by atoms with Crippen LogP contribution in [0, 0.1) is 5.82 Å². The Morgan fingerprint density at radius 1 is 1.15 bits per heavy atom. The van der Waals surface area contributed by atoms with E-state index in [1.54, 1.807) is 13.2 Å². The van der Waals surface area contributed by atoms with Crippen molar-refractivity contribution in [3.8, 4) is 0 Å². The first kappa shape index (κ1) is 18.5. The molecule has 4 nitrogen and oxygen atoms in total. The monoisotopic (exact) mass is 356 g/mol. The van der Waals surface area contributed by atoms with Crippen molar-refractivity contribution < 1.29 is 13.9 Å². The highest BCUT2D eigenvalue weighted by atomic mass is 19.1. The number of benzene rings is 2. The first-order valence-corrected chi connectivity index (χ1v) is 8.96. The zero-order chi connectivity index (χ0) is 18.4. The maximum atomic E-state index is 13.4. The van der Waals surface area contributed by atoms with Crippen LogP contribution in [0.3, 0.4) is 0 Å². The number of hydrogen-bond acceptors (Lipinski definition) is 3. The van der Waals surface area contributed by atoms with Crippen LogP contribution in [0.5, 0.6) is 0 Å². The van der Waals surface area contributed by atoms with Crippen molar-refractivity contribution in [1.29, 1.82) is 0 Å². The summed E-state index contributed by atoms with van der Waals surface area (Å²) < 4.78 is 18.5. The van der Waals surface area contributed by atoms with Crippen molar-refractivity contribution in [2.45, 2.75) is 38.6 Å². The Hall–Kier alpha value is -2.24. The predicted molar refractivity (Wildman–Crippen MR) is 98.8 cm³/mol. The summed E-state index contributed by atoms with van der Waals surface area (Å²) in [6.45, 7) is 1.98. The Morgan fingerprint density at radius 2 is 1.88 bits per heavy atom. The zero-order valence-electron chi connectivity index (χ0n) is 15.1. The highest BCUT2D eigenvalue weighted by Crippen LogP contribution is 2.28. The Labute approximate surface area is 154 Å². The molecule has 1 aliphatic rings. The fourth-order valence-corrected chi connectivity index (χ4v) is 3.06. The zero-order valence-corrected chi connectivity index (χ0v) is 15.1. The van der Waals surface area contributed by atoms with Crippen LogP contribution in [0.1, 0.15) is 29.5 Å². The molecule has 2 aromatic rings. The number of rotatable bonds is 9. The Bertz CT molecular complexity index is 746. The maximum absolute atomic E-state index is 13.4. The van der Waals surface area contributed by atoms with E-state index in [0.717, 1.165) is 29.5 Å². The lowest BCUT2D eigenvalue weighted by molar-refractivity contribution is -0.122. The van der Waals surface area contributed by atoms with Gasteiger partial charge in [0.05, 0.1) is 13.2 Å². The quantitative estimate of drug-likeness (QED) is 0.750. The van der Waals surface area contributed by atoms with Crippen molar-refractivity contribution >= 4 is 5.91 Å². The van der Waals surface area contributed by atoms with Gasteiger partial charge >= 0.3 is 0 Å². The first-order chi connectivity index (χ1) is 12.6. The summed E-state index contributed by atoms with van der Waals surface area (Å²) in [5, 5.41) is 2.98. The topological polar surface area (TPSA) is 41.6 Å². The number of hydrogen-bond donors (Lipinski definition) is 1. The summed E-state index contributed by atoms with van der Waals surface area (Å²) in [7, 11) is 1.67. The minimum absolute atomic E-state index is 0.00884. The summed E-state index contributed by atoms with van der Waals surface area (Å²) in [6.07, 6.45) is 2.20. The normalized spacial score (nSPS) is 13.8. The molecule has 0 spiro atoms. The summed E-state index contributed by atoms with van der Waals surface area (Å²) >= 11 is 0. The largest absolute Gasteiger partial charge is 0.380 e. The SMILES string of the molecule is COCc1cccc(CNC(=O)CN(Cc2cccc(F)c2)C2CC2)c1. The molecule has 26 heavy (non-hydrogen) atoms. The molecule has 1 saturated carbocycles. The van der Waals surface area contributed by atoms with E-state index >= 15 is 0 Å². The lowest BCUT2D eigenvalue weighted by Gasteiger charge is -2.21. The number of ether oxygens (including phenoxy) is 1. The molecular weight excluding hydrogens is 331 g/mol. The van der Waals surface area contributed by atoms with Crippen LogP contribution in [-0.4, -0.2) is 30.5 Å². The van der Waals surface area contributed by atoms with Gasteiger partial charge in [-0.1, -0.05) is 36.4 Å². The molecule has 3 rings (SSSR count). The molecule has 1 fully saturated rings. The van der Waals surface area contributed by atoms with E-state index in [9.17, 15) is 9.18 Å². The van der Waals surface area contributed by atoms with Crippen LogP contribution in [-0.2, 0) is 29.2 Å². The number of amides is 1. The lowest BCUT2D eigenvalue weighted by atomic mass is 10.1. The van der Waals surface area contributed by atoms with Gasteiger partial charge in [0.2, 0.25) is 5.91 Å². The molecule has 2 aromatic carbocycles. The molecule has 0 unspecified atom stereocenters. The van der Waals surface area contributed by atoms with Crippen molar-refractivity contribution in [2.24, 2.45) is 0 Å². The average Bonchev–Trinajstić information content (AvgIpc) is 3.45. The van der Waals surface area contributed by atoms with E-state index < -0.39 is 0 Å². The standard InChI is InChI=1S/C21H25FN2O2/c1-26-15-18-6-2-4-16(10-18)12-23-21(25)14-24(20-8-9-20)13-17-5-3-7-19(22)11-17/h2-7,10-11,20H,8-9,12-15H2,1H3,(H,23,25). The maximum Gasteiger partial charge on any atom is 0.234 e. The van der Waals surface area contributed by atoms with Crippen LogP contribution < -0.4 is 5.32 Å². The van der Waals surface area contributed by atoms with Gasteiger partial charge in [0.1, 0.15) is 5.82 Å². The first-order valence-electron chi connectivity index (χ1n) is 8.96. The minimum Gasteiger partial charge on any atom is -0.380 e. The molecule has 0 saturated heterocycles. The van der Waals surface area contributed by atoms with Crippen LogP contribution in [0.25, 0.3) is 0 Å². The molecule has 0 aliphatic heterocycles. The van der Waals surface area contributed by atoms with Crippen LogP contribution in [0.15, 0.2) is 48.5 Å². The smallest absolute Gasteiger partial charge is 0.234 e. The summed E-state index contributed by atoms with van der Waals surface area (Å²) in [5.41, 5.74) is 3.04. The summed E-state index contributed by atoms with van der Waals surface area (Å²) in [4.78, 5) is 14.5. The van der Waals surface area contributed by atoms with Crippen LogP contribution in [0.2, 0.25) is 0 Å².